The third-order valence-electron chi connectivity index (χ3n) is 2.24. The van der Waals surface area contributed by atoms with Crippen LogP contribution in [0.25, 0.3) is 0 Å². The maximum atomic E-state index is 11.7. The molecule has 1 atom stereocenters. The van der Waals surface area contributed by atoms with E-state index in [9.17, 15) is 9.90 Å². The lowest BCUT2D eigenvalue weighted by atomic mass is 10.1. The smallest absolute Gasteiger partial charge is 0.289 e. The van der Waals surface area contributed by atoms with E-state index < -0.39 is 5.60 Å². The number of hydrogen-bond acceptors (Lipinski definition) is 5. The van der Waals surface area contributed by atoms with E-state index >= 15 is 0 Å². The fourth-order valence-electron chi connectivity index (χ4n) is 1.61. The van der Waals surface area contributed by atoms with Gasteiger partial charge in [0, 0.05) is 13.1 Å². The predicted molar refractivity (Wildman–Crippen MR) is 62.8 cm³/mol. The number of carbonyl (C=O) groups excluding carboxylic acids is 1. The summed E-state index contributed by atoms with van der Waals surface area (Å²) in [4.78, 5) is 17.4. The van der Waals surface area contributed by atoms with Gasteiger partial charge in [0.15, 0.2) is 6.39 Å². The van der Waals surface area contributed by atoms with Crippen molar-refractivity contribution < 1.29 is 14.3 Å². The van der Waals surface area contributed by atoms with Crippen LogP contribution in [0.3, 0.4) is 0 Å². The Kier molecular flexibility index (Phi) is 4.25. The van der Waals surface area contributed by atoms with Gasteiger partial charge in [-0.2, -0.15) is 0 Å². The number of likely N-dealkylation sites (N-methyl/N-ethyl adjacent to an activating group) is 1. The Balaban J connectivity index is 2.51. The highest BCUT2D eigenvalue weighted by Crippen LogP contribution is 2.06. The van der Waals surface area contributed by atoms with E-state index in [1.165, 1.54) is 6.39 Å². The van der Waals surface area contributed by atoms with Crippen LogP contribution in [0.1, 0.15) is 23.2 Å². The number of oxazole rings is 1. The zero-order valence-electron chi connectivity index (χ0n) is 10.6. The molecule has 1 amide bonds. The van der Waals surface area contributed by atoms with E-state index in [1.807, 2.05) is 19.0 Å². The maximum absolute atomic E-state index is 11.7. The van der Waals surface area contributed by atoms with Crippen molar-refractivity contribution in [1.29, 1.82) is 0 Å². The van der Waals surface area contributed by atoms with Crippen molar-refractivity contribution in [2.24, 2.45) is 0 Å². The monoisotopic (exact) mass is 241 g/mol. The van der Waals surface area contributed by atoms with Crippen molar-refractivity contribution in [3.63, 3.8) is 0 Å². The Bertz CT molecular complexity index is 385. The summed E-state index contributed by atoms with van der Waals surface area (Å²) in [5.74, 6) is -0.176. The first-order valence-corrected chi connectivity index (χ1v) is 5.37. The van der Waals surface area contributed by atoms with Gasteiger partial charge in [0.1, 0.15) is 0 Å². The first kappa shape index (κ1) is 13.7. The van der Waals surface area contributed by atoms with Gasteiger partial charge in [0.05, 0.1) is 11.3 Å². The molecule has 96 valence electrons. The lowest BCUT2D eigenvalue weighted by molar-refractivity contribution is 0.0322. The molecule has 1 unspecified atom stereocenters. The molecule has 0 fully saturated rings. The molecule has 1 rings (SSSR count). The molecule has 0 aliphatic carbocycles. The Labute approximate surface area is 101 Å². The van der Waals surface area contributed by atoms with Crippen molar-refractivity contribution in [3.05, 3.63) is 17.8 Å². The van der Waals surface area contributed by atoms with Crippen LogP contribution in [0.15, 0.2) is 10.8 Å². The number of aliphatic hydroxyl groups is 1. The van der Waals surface area contributed by atoms with Crippen LogP contribution in [0.2, 0.25) is 0 Å². The molecule has 0 bridgehead atoms. The van der Waals surface area contributed by atoms with Gasteiger partial charge in [-0.25, -0.2) is 4.98 Å². The van der Waals surface area contributed by atoms with Gasteiger partial charge in [-0.1, -0.05) is 0 Å². The lowest BCUT2D eigenvalue weighted by Crippen LogP contribution is -2.47. The Morgan fingerprint density at radius 2 is 2.29 bits per heavy atom. The van der Waals surface area contributed by atoms with E-state index in [0.717, 1.165) is 0 Å². The fourth-order valence-corrected chi connectivity index (χ4v) is 1.61. The van der Waals surface area contributed by atoms with Crippen molar-refractivity contribution in [2.75, 3.05) is 27.2 Å². The first-order valence-electron chi connectivity index (χ1n) is 5.37. The van der Waals surface area contributed by atoms with Crippen LogP contribution in [0.4, 0.5) is 0 Å². The Morgan fingerprint density at radius 1 is 1.65 bits per heavy atom. The van der Waals surface area contributed by atoms with Crippen LogP contribution in [-0.4, -0.2) is 53.7 Å². The van der Waals surface area contributed by atoms with E-state index in [1.54, 1.807) is 13.8 Å². The quantitative estimate of drug-likeness (QED) is 0.760. The minimum Gasteiger partial charge on any atom is -0.438 e. The van der Waals surface area contributed by atoms with E-state index in [2.05, 4.69) is 10.3 Å². The highest BCUT2D eigenvalue weighted by molar-refractivity contribution is 5.92. The lowest BCUT2D eigenvalue weighted by Gasteiger charge is -2.26. The Morgan fingerprint density at radius 3 is 2.76 bits per heavy atom. The van der Waals surface area contributed by atoms with Crippen LogP contribution in [-0.2, 0) is 0 Å². The molecule has 6 nitrogen and oxygen atoms in total. The molecule has 0 aromatic carbocycles. The zero-order chi connectivity index (χ0) is 13.1. The number of aromatic nitrogens is 1. The molecular weight excluding hydrogens is 222 g/mol. The molecule has 1 heterocycles. The molecular formula is C11H19N3O3. The average molecular weight is 241 g/mol. The summed E-state index contributed by atoms with van der Waals surface area (Å²) >= 11 is 0. The molecule has 1 aromatic heterocycles. The maximum Gasteiger partial charge on any atom is 0.289 e. The molecule has 1 aromatic rings. The molecule has 17 heavy (non-hydrogen) atoms. The van der Waals surface area contributed by atoms with Gasteiger partial charge in [-0.3, -0.25) is 4.79 Å². The molecule has 0 saturated carbocycles. The number of rotatable bonds is 5. The molecule has 2 N–H and O–H groups in total. The topological polar surface area (TPSA) is 78.6 Å². The summed E-state index contributed by atoms with van der Waals surface area (Å²) in [5.41, 5.74) is -0.442. The van der Waals surface area contributed by atoms with E-state index in [4.69, 9.17) is 4.42 Å². The van der Waals surface area contributed by atoms with Crippen molar-refractivity contribution in [1.82, 2.24) is 15.2 Å². The second kappa shape index (κ2) is 5.29. The molecule has 6 heteroatoms. The molecule has 0 saturated heterocycles. The number of nitrogens with one attached hydrogen (secondary N) is 1. The van der Waals surface area contributed by atoms with Crippen molar-refractivity contribution in [3.8, 4) is 0 Å². The van der Waals surface area contributed by atoms with Gasteiger partial charge in [-0.05, 0) is 27.9 Å². The summed E-state index contributed by atoms with van der Waals surface area (Å²) < 4.78 is 4.96. The van der Waals surface area contributed by atoms with Gasteiger partial charge < -0.3 is 19.7 Å². The largest absolute Gasteiger partial charge is 0.438 e. The van der Waals surface area contributed by atoms with E-state index in [0.29, 0.717) is 12.2 Å². The van der Waals surface area contributed by atoms with Crippen LogP contribution >= 0.6 is 0 Å². The standard InChI is InChI=1S/C11H19N3O3/c1-8-9(17-7-13-8)10(15)12-5-11(2,16)6-14(3)4/h7,16H,5-6H2,1-4H3,(H,12,15). The molecule has 0 aliphatic heterocycles. The summed E-state index contributed by atoms with van der Waals surface area (Å²) in [6, 6.07) is 0. The Hall–Kier alpha value is -1.40. The summed E-state index contributed by atoms with van der Waals surface area (Å²) in [7, 11) is 3.72. The highest BCUT2D eigenvalue weighted by atomic mass is 16.3. The summed E-state index contributed by atoms with van der Waals surface area (Å²) in [6.07, 6.45) is 1.22. The number of aryl methyl sites for hydroxylation is 1. The number of nitrogens with zero attached hydrogens (tertiary/aromatic N) is 2. The molecule has 0 aliphatic rings. The third-order valence-corrected chi connectivity index (χ3v) is 2.24. The second-order valence-corrected chi connectivity index (χ2v) is 4.68. The zero-order valence-corrected chi connectivity index (χ0v) is 10.6. The first-order chi connectivity index (χ1) is 7.82. The normalized spacial score (nSPS) is 14.7. The van der Waals surface area contributed by atoms with Gasteiger partial charge in [-0.15, -0.1) is 0 Å². The van der Waals surface area contributed by atoms with Crippen molar-refractivity contribution >= 4 is 5.91 Å². The van der Waals surface area contributed by atoms with Crippen LogP contribution in [0.5, 0.6) is 0 Å². The second-order valence-electron chi connectivity index (χ2n) is 4.68. The van der Waals surface area contributed by atoms with Crippen LogP contribution in [0, 0.1) is 6.92 Å². The predicted octanol–water partition coefficient (Wildman–Crippen LogP) is 0.0254. The fraction of sp³-hybridized carbons (Fsp3) is 0.636. The highest BCUT2D eigenvalue weighted by Gasteiger charge is 2.23. The van der Waals surface area contributed by atoms with E-state index in [-0.39, 0.29) is 18.2 Å². The minimum atomic E-state index is -0.979. The van der Waals surface area contributed by atoms with Gasteiger partial charge in [0.2, 0.25) is 5.76 Å². The summed E-state index contributed by atoms with van der Waals surface area (Å²) in [6.45, 7) is 3.98. The summed E-state index contributed by atoms with van der Waals surface area (Å²) in [5, 5.41) is 12.6. The van der Waals surface area contributed by atoms with Gasteiger partial charge in [0.25, 0.3) is 5.91 Å². The average Bonchev–Trinajstić information content (AvgIpc) is 2.59. The molecule has 0 spiro atoms. The number of hydrogen-bond donors (Lipinski definition) is 2. The number of carbonyl (C=O) groups is 1. The number of amides is 1. The van der Waals surface area contributed by atoms with Crippen LogP contribution < -0.4 is 5.32 Å². The van der Waals surface area contributed by atoms with Crippen molar-refractivity contribution in [2.45, 2.75) is 19.4 Å². The third kappa shape index (κ3) is 4.16. The SMILES string of the molecule is Cc1ncoc1C(=O)NCC(C)(O)CN(C)C. The van der Waals surface area contributed by atoms with Gasteiger partial charge >= 0.3 is 0 Å². The minimum absolute atomic E-state index is 0.157. The molecule has 0 radical (unpaired) electrons.